The first-order valence-corrected chi connectivity index (χ1v) is 11.0. The van der Waals surface area contributed by atoms with E-state index in [0.717, 1.165) is 28.3 Å². The molecule has 2 heterocycles. The molecule has 0 aliphatic heterocycles. The van der Waals surface area contributed by atoms with Gasteiger partial charge in [0, 0.05) is 20.9 Å². The maximum atomic E-state index is 5.93. The third-order valence-corrected chi connectivity index (χ3v) is 5.22. The van der Waals surface area contributed by atoms with Crippen LogP contribution < -0.4 is 0 Å². The van der Waals surface area contributed by atoms with E-state index in [0.29, 0.717) is 11.8 Å². The molecule has 0 aromatic carbocycles. The van der Waals surface area contributed by atoms with Crippen molar-refractivity contribution in [1.29, 1.82) is 0 Å². The lowest BCUT2D eigenvalue weighted by Gasteiger charge is -2.15. The van der Waals surface area contributed by atoms with Gasteiger partial charge in [-0.1, -0.05) is 31.2 Å². The second-order valence-electron chi connectivity index (χ2n) is 5.66. The van der Waals surface area contributed by atoms with Crippen LogP contribution in [0.2, 0.25) is 30.7 Å². The molecule has 0 aliphatic rings. The minimum absolute atomic E-state index is 0.418. The molecular weight excluding hydrogens is 346 g/mol. The molecule has 0 bridgehead atoms. The van der Waals surface area contributed by atoms with Crippen molar-refractivity contribution in [1.82, 2.24) is 14.8 Å². The molecule has 0 unspecified atom stereocenters. The Morgan fingerprint density at radius 2 is 2.16 bits per heavy atom. The smallest absolute Gasteiger partial charge is 0.161 e. The minimum Gasteiger partial charge on any atom is -0.359 e. The third kappa shape index (κ3) is 4.01. The van der Waals surface area contributed by atoms with Crippen molar-refractivity contribution >= 4 is 46.6 Å². The van der Waals surface area contributed by atoms with Crippen LogP contribution in [0.5, 0.6) is 0 Å². The number of ether oxygens (including phenoxy) is 1. The van der Waals surface area contributed by atoms with Crippen LogP contribution in [-0.4, -0.2) is 29.4 Å². The van der Waals surface area contributed by atoms with Gasteiger partial charge in [0.15, 0.2) is 5.65 Å². The van der Waals surface area contributed by atoms with Gasteiger partial charge >= 0.3 is 0 Å². The Labute approximate surface area is 127 Å². The van der Waals surface area contributed by atoms with Gasteiger partial charge < -0.3 is 4.74 Å². The zero-order valence-electron chi connectivity index (χ0n) is 11.3. The average molecular weight is 363 g/mol. The van der Waals surface area contributed by atoms with Gasteiger partial charge in [-0.25, -0.2) is 9.67 Å². The largest absolute Gasteiger partial charge is 0.359 e. The number of nitrogens with zero attached hydrogens (tertiary/aromatic N) is 3. The molecule has 2 aromatic rings. The van der Waals surface area contributed by atoms with Crippen molar-refractivity contribution in [3.63, 3.8) is 0 Å². The Balaban J connectivity index is 2.05. The summed E-state index contributed by atoms with van der Waals surface area (Å²) < 4.78 is 8.18. The third-order valence-electron chi connectivity index (χ3n) is 2.72. The van der Waals surface area contributed by atoms with Crippen LogP contribution in [0.4, 0.5) is 0 Å². The van der Waals surface area contributed by atoms with Crippen molar-refractivity contribution in [3.05, 3.63) is 21.9 Å². The Hall–Kier alpha value is -0.433. The summed E-state index contributed by atoms with van der Waals surface area (Å²) in [5, 5.41) is 5.87. The highest BCUT2D eigenvalue weighted by Gasteiger charge is 2.13. The maximum Gasteiger partial charge on any atom is 0.161 e. The van der Waals surface area contributed by atoms with Crippen molar-refractivity contribution < 1.29 is 4.74 Å². The molecule has 0 atom stereocenters. The quantitative estimate of drug-likeness (QED) is 0.592. The number of halogens is 2. The molecule has 0 spiro atoms. The van der Waals surface area contributed by atoms with Crippen LogP contribution in [0.1, 0.15) is 0 Å². The summed E-state index contributed by atoms with van der Waals surface area (Å²) in [5.41, 5.74) is 0.782. The molecule has 0 saturated carbocycles. The molecule has 0 N–H and O–H groups in total. The lowest BCUT2D eigenvalue weighted by Crippen LogP contribution is -2.22. The fourth-order valence-corrected chi connectivity index (χ4v) is 3.01. The van der Waals surface area contributed by atoms with E-state index in [1.54, 1.807) is 10.9 Å². The number of hydrogen-bond donors (Lipinski definition) is 0. The van der Waals surface area contributed by atoms with Crippen LogP contribution in [-0.2, 0) is 11.5 Å². The lowest BCUT2D eigenvalue weighted by atomic mass is 10.4. The number of hydrogen-bond acceptors (Lipinski definition) is 3. The molecule has 2 rings (SSSR count). The second kappa shape index (κ2) is 5.91. The Kier molecular flexibility index (Phi) is 4.65. The molecule has 0 radical (unpaired) electrons. The van der Waals surface area contributed by atoms with Gasteiger partial charge in [-0.2, -0.15) is 5.10 Å². The number of fused-ring (bicyclic) bond motifs is 1. The monoisotopic (exact) mass is 361 g/mol. The normalized spacial score (nSPS) is 12.3. The first kappa shape index (κ1) is 15.0. The van der Waals surface area contributed by atoms with Gasteiger partial charge in [0.1, 0.15) is 11.3 Å². The summed E-state index contributed by atoms with van der Waals surface area (Å²) >= 11 is 9.34. The van der Waals surface area contributed by atoms with Gasteiger partial charge in [0.05, 0.1) is 10.4 Å². The summed E-state index contributed by atoms with van der Waals surface area (Å²) in [6.45, 7) is 8.18. The van der Waals surface area contributed by atoms with E-state index in [4.69, 9.17) is 16.3 Å². The highest BCUT2D eigenvalue weighted by molar-refractivity contribution is 9.10. The summed E-state index contributed by atoms with van der Waals surface area (Å²) in [7, 11) is -1.05. The van der Waals surface area contributed by atoms with Crippen molar-refractivity contribution in [3.8, 4) is 0 Å². The van der Waals surface area contributed by atoms with Gasteiger partial charge in [-0.15, -0.1) is 0 Å². The fourth-order valence-electron chi connectivity index (χ4n) is 1.62. The van der Waals surface area contributed by atoms with E-state index in [9.17, 15) is 0 Å². The molecule has 19 heavy (non-hydrogen) atoms. The van der Waals surface area contributed by atoms with Crippen LogP contribution in [0, 0.1) is 0 Å². The van der Waals surface area contributed by atoms with Crippen molar-refractivity contribution in [2.24, 2.45) is 0 Å². The summed E-state index contributed by atoms with van der Waals surface area (Å²) in [6.07, 6.45) is 1.62. The van der Waals surface area contributed by atoms with E-state index < -0.39 is 8.07 Å². The molecule has 4 nitrogen and oxygen atoms in total. The van der Waals surface area contributed by atoms with Crippen LogP contribution in [0.3, 0.4) is 0 Å². The Morgan fingerprint density at radius 1 is 1.42 bits per heavy atom. The standard InChI is InChI=1S/C12H17BrClN3OSi/c1-19(2,3)5-4-18-8-17-12-10(11(13)16-17)6-9(14)7-15-12/h6-7H,4-5,8H2,1-3H3. The van der Waals surface area contributed by atoms with Gasteiger partial charge in [-0.3, -0.25) is 0 Å². The van der Waals surface area contributed by atoms with Gasteiger partial charge in [0.2, 0.25) is 0 Å². The minimum atomic E-state index is -1.05. The van der Waals surface area contributed by atoms with Crippen molar-refractivity contribution in [2.75, 3.05) is 6.61 Å². The highest BCUT2D eigenvalue weighted by Crippen LogP contribution is 2.24. The van der Waals surface area contributed by atoms with E-state index in [2.05, 4.69) is 45.7 Å². The van der Waals surface area contributed by atoms with E-state index >= 15 is 0 Å². The van der Waals surface area contributed by atoms with E-state index in [1.165, 1.54) is 0 Å². The lowest BCUT2D eigenvalue weighted by molar-refractivity contribution is 0.0810. The molecule has 0 aliphatic carbocycles. The first-order valence-electron chi connectivity index (χ1n) is 6.12. The zero-order chi connectivity index (χ0) is 14.0. The van der Waals surface area contributed by atoms with Crippen LogP contribution >= 0.6 is 27.5 Å². The highest BCUT2D eigenvalue weighted by atomic mass is 79.9. The number of pyridine rings is 1. The Bertz CT molecular complexity index is 582. The van der Waals surface area contributed by atoms with Crippen molar-refractivity contribution in [2.45, 2.75) is 32.4 Å². The van der Waals surface area contributed by atoms with Crippen LogP contribution in [0.15, 0.2) is 16.9 Å². The predicted octanol–water partition coefficient (Wildman–Crippen LogP) is 4.16. The fraction of sp³-hybridized carbons (Fsp3) is 0.500. The number of rotatable bonds is 5. The van der Waals surface area contributed by atoms with E-state index in [-0.39, 0.29) is 0 Å². The predicted molar refractivity (Wildman–Crippen MR) is 84.3 cm³/mol. The molecule has 0 amide bonds. The molecule has 0 saturated heterocycles. The molecule has 0 fully saturated rings. The summed E-state index contributed by atoms with van der Waals surface area (Å²) in [6, 6.07) is 2.99. The van der Waals surface area contributed by atoms with Gasteiger partial charge in [0.25, 0.3) is 0 Å². The first-order chi connectivity index (χ1) is 8.87. The summed E-state index contributed by atoms with van der Waals surface area (Å²) in [4.78, 5) is 4.30. The molecule has 7 heteroatoms. The number of aromatic nitrogens is 3. The van der Waals surface area contributed by atoms with Gasteiger partial charge in [-0.05, 0) is 28.0 Å². The van der Waals surface area contributed by atoms with Crippen LogP contribution in [0.25, 0.3) is 11.0 Å². The average Bonchev–Trinajstić information content (AvgIpc) is 2.60. The Morgan fingerprint density at radius 3 is 2.84 bits per heavy atom. The molecule has 2 aromatic heterocycles. The summed E-state index contributed by atoms with van der Waals surface area (Å²) in [5.74, 6) is 0. The zero-order valence-corrected chi connectivity index (χ0v) is 14.6. The molecular formula is C12H17BrClN3OSi. The second-order valence-corrected chi connectivity index (χ2v) is 12.5. The SMILES string of the molecule is C[Si](C)(C)CCOCn1nc(Br)c2cc(Cl)cnc21. The topological polar surface area (TPSA) is 39.9 Å². The molecule has 104 valence electrons. The maximum absolute atomic E-state index is 5.93. The van der Waals surface area contributed by atoms with E-state index in [1.807, 2.05) is 6.07 Å².